The van der Waals surface area contributed by atoms with E-state index in [0.29, 0.717) is 65.9 Å². The number of hydrogen-bond acceptors (Lipinski definition) is 7. The molecule has 1 amide bonds. The Morgan fingerprint density at radius 3 is 2.02 bits per heavy atom. The highest BCUT2D eigenvalue weighted by atomic mass is 16.6. The molecule has 1 saturated heterocycles. The van der Waals surface area contributed by atoms with Crippen LogP contribution in [-0.2, 0) is 48.2 Å². The second-order valence-corrected chi connectivity index (χ2v) is 13.6. The van der Waals surface area contributed by atoms with Gasteiger partial charge in [0.2, 0.25) is 0 Å². The van der Waals surface area contributed by atoms with E-state index in [4.69, 9.17) is 28.4 Å². The van der Waals surface area contributed by atoms with E-state index in [1.165, 1.54) is 10.8 Å². The maximum Gasteiger partial charge on any atom is 0.410 e. The number of likely N-dealkylation sites (tertiary alicyclic amines) is 1. The summed E-state index contributed by atoms with van der Waals surface area (Å²) in [6.45, 7) is 10.5. The molecule has 1 aliphatic heterocycles. The third-order valence-electron chi connectivity index (χ3n) is 8.57. The Kier molecular flexibility index (Phi) is 13.6. The molecule has 0 saturated carbocycles. The predicted octanol–water partition coefficient (Wildman–Crippen LogP) is 7.77. The van der Waals surface area contributed by atoms with Crippen LogP contribution in [-0.4, -0.2) is 75.9 Å². The minimum atomic E-state index is -0.605. The van der Waals surface area contributed by atoms with Crippen molar-refractivity contribution in [2.75, 3.05) is 53.2 Å². The molecule has 0 N–H and O–H groups in total. The highest BCUT2D eigenvalue weighted by molar-refractivity contribution is 5.82. The molecule has 49 heavy (non-hydrogen) atoms. The highest BCUT2D eigenvalue weighted by Gasteiger charge is 2.41. The topological polar surface area (TPSA) is 75.7 Å². The highest BCUT2D eigenvalue weighted by Crippen LogP contribution is 2.37. The molecule has 0 radical (unpaired) electrons. The van der Waals surface area contributed by atoms with Gasteiger partial charge >= 0.3 is 6.09 Å². The molecule has 4 aromatic rings. The van der Waals surface area contributed by atoms with Crippen molar-refractivity contribution in [3.05, 3.63) is 119 Å². The van der Waals surface area contributed by atoms with E-state index in [9.17, 15) is 4.79 Å². The van der Waals surface area contributed by atoms with Gasteiger partial charge in [-0.2, -0.15) is 0 Å². The van der Waals surface area contributed by atoms with Crippen LogP contribution in [0.2, 0.25) is 0 Å². The van der Waals surface area contributed by atoms with Crippen LogP contribution in [0.5, 0.6) is 0 Å². The molecular formula is C41H51NO7. The van der Waals surface area contributed by atoms with E-state index >= 15 is 0 Å². The summed E-state index contributed by atoms with van der Waals surface area (Å²) in [6.07, 6.45) is -0.625. The van der Waals surface area contributed by atoms with Gasteiger partial charge in [-0.25, -0.2) is 4.79 Å². The maximum atomic E-state index is 13.4. The van der Waals surface area contributed by atoms with Crippen molar-refractivity contribution < 1.29 is 33.2 Å². The van der Waals surface area contributed by atoms with Crippen molar-refractivity contribution >= 4 is 16.9 Å². The Bertz CT molecular complexity index is 1570. The summed E-state index contributed by atoms with van der Waals surface area (Å²) in [4.78, 5) is 15.2. The lowest BCUT2D eigenvalue weighted by Crippen LogP contribution is -2.53. The zero-order valence-corrected chi connectivity index (χ0v) is 29.3. The Balaban J connectivity index is 1.29. The number of benzene rings is 4. The van der Waals surface area contributed by atoms with Crippen molar-refractivity contribution in [2.24, 2.45) is 5.92 Å². The summed E-state index contributed by atoms with van der Waals surface area (Å²) in [5.74, 6) is -0.0355. The number of nitrogens with zero attached hydrogens (tertiary/aromatic N) is 1. The first kappa shape index (κ1) is 36.5. The number of carbonyl (C=O) groups excluding carboxylic acids is 1. The monoisotopic (exact) mass is 669 g/mol. The first-order valence-corrected chi connectivity index (χ1v) is 17.2. The van der Waals surface area contributed by atoms with E-state index in [1.807, 2.05) is 51.1 Å². The molecular weight excluding hydrogens is 618 g/mol. The number of piperidine rings is 1. The van der Waals surface area contributed by atoms with Crippen LogP contribution >= 0.6 is 0 Å². The standard InChI is InChI=1S/C41H51NO7/c1-41(2,3)49-40(43)42-25-37(30-47-21-20-44-4)39(38(26-42)48-29-33-16-17-34-12-8-9-13-36(34)24-33)35-18-14-32(15-19-35)28-46-23-22-45-27-31-10-6-5-7-11-31/h5-19,24,37-39H,20-23,25-30H2,1-4H3. The van der Waals surface area contributed by atoms with Crippen LogP contribution in [0.3, 0.4) is 0 Å². The number of amides is 1. The smallest absolute Gasteiger partial charge is 0.410 e. The molecule has 1 heterocycles. The Morgan fingerprint density at radius 1 is 0.694 bits per heavy atom. The summed E-state index contributed by atoms with van der Waals surface area (Å²) in [6, 6.07) is 33.4. The average molecular weight is 670 g/mol. The molecule has 3 unspecified atom stereocenters. The number of methoxy groups -OCH3 is 1. The third kappa shape index (κ3) is 11.4. The lowest BCUT2D eigenvalue weighted by molar-refractivity contribution is -0.0682. The molecule has 0 spiro atoms. The maximum absolute atomic E-state index is 13.4. The van der Waals surface area contributed by atoms with Crippen LogP contribution in [0.1, 0.15) is 48.9 Å². The van der Waals surface area contributed by atoms with Gasteiger partial charge in [-0.05, 0) is 59.9 Å². The molecule has 0 aliphatic carbocycles. The second kappa shape index (κ2) is 18.3. The summed E-state index contributed by atoms with van der Waals surface area (Å²) in [5.41, 5.74) is 3.85. The van der Waals surface area contributed by atoms with Crippen LogP contribution in [0.25, 0.3) is 10.8 Å². The number of rotatable bonds is 16. The molecule has 5 rings (SSSR count). The van der Waals surface area contributed by atoms with Gasteiger partial charge < -0.3 is 33.3 Å². The summed E-state index contributed by atoms with van der Waals surface area (Å²) >= 11 is 0. The molecule has 4 aromatic carbocycles. The zero-order valence-electron chi connectivity index (χ0n) is 29.3. The number of ether oxygens (including phenoxy) is 6. The average Bonchev–Trinajstić information content (AvgIpc) is 3.10. The van der Waals surface area contributed by atoms with Gasteiger partial charge in [-0.3, -0.25) is 0 Å². The number of hydrogen-bond donors (Lipinski definition) is 0. The quantitative estimate of drug-likeness (QED) is 0.113. The molecule has 0 bridgehead atoms. The minimum Gasteiger partial charge on any atom is -0.444 e. The summed E-state index contributed by atoms with van der Waals surface area (Å²) in [7, 11) is 1.66. The predicted molar refractivity (Wildman–Crippen MR) is 191 cm³/mol. The van der Waals surface area contributed by atoms with Crippen molar-refractivity contribution in [3.63, 3.8) is 0 Å². The van der Waals surface area contributed by atoms with Gasteiger partial charge in [0.05, 0.1) is 65.5 Å². The Morgan fingerprint density at radius 2 is 1.33 bits per heavy atom. The van der Waals surface area contributed by atoms with Crippen LogP contribution in [0.15, 0.2) is 97.1 Å². The van der Waals surface area contributed by atoms with Crippen LogP contribution in [0, 0.1) is 5.92 Å². The van der Waals surface area contributed by atoms with Gasteiger partial charge in [-0.1, -0.05) is 91.0 Å². The molecule has 1 aliphatic rings. The second-order valence-electron chi connectivity index (χ2n) is 13.6. The van der Waals surface area contributed by atoms with Crippen molar-refractivity contribution in [3.8, 4) is 0 Å². The molecule has 1 fully saturated rings. The van der Waals surface area contributed by atoms with Gasteiger partial charge in [0.25, 0.3) is 0 Å². The van der Waals surface area contributed by atoms with Crippen molar-refractivity contribution in [2.45, 2.75) is 58.2 Å². The van der Waals surface area contributed by atoms with Gasteiger partial charge in [0.1, 0.15) is 5.60 Å². The lowest BCUT2D eigenvalue weighted by atomic mass is 9.78. The zero-order chi connectivity index (χ0) is 34.5. The van der Waals surface area contributed by atoms with E-state index in [-0.39, 0.29) is 24.0 Å². The summed E-state index contributed by atoms with van der Waals surface area (Å²) < 4.78 is 35.6. The Hall–Kier alpha value is -3.79. The van der Waals surface area contributed by atoms with Gasteiger partial charge in [0, 0.05) is 25.5 Å². The fraction of sp³-hybridized carbons (Fsp3) is 0.439. The van der Waals surface area contributed by atoms with Crippen molar-refractivity contribution in [1.29, 1.82) is 0 Å². The molecule has 8 heteroatoms. The van der Waals surface area contributed by atoms with Crippen LogP contribution < -0.4 is 0 Å². The number of fused-ring (bicyclic) bond motifs is 1. The van der Waals surface area contributed by atoms with E-state index in [0.717, 1.165) is 22.3 Å². The molecule has 3 atom stereocenters. The third-order valence-corrected chi connectivity index (χ3v) is 8.57. The molecule has 8 nitrogen and oxygen atoms in total. The van der Waals surface area contributed by atoms with Crippen LogP contribution in [0.4, 0.5) is 4.79 Å². The fourth-order valence-corrected chi connectivity index (χ4v) is 6.20. The van der Waals surface area contributed by atoms with Crippen molar-refractivity contribution in [1.82, 2.24) is 4.90 Å². The van der Waals surface area contributed by atoms with Gasteiger partial charge in [-0.15, -0.1) is 0 Å². The molecule has 0 aromatic heterocycles. The lowest BCUT2D eigenvalue weighted by Gasteiger charge is -2.44. The largest absolute Gasteiger partial charge is 0.444 e. The number of carbonyl (C=O) groups is 1. The normalized spacial score (nSPS) is 18.1. The van der Waals surface area contributed by atoms with E-state index in [2.05, 4.69) is 66.7 Å². The summed E-state index contributed by atoms with van der Waals surface area (Å²) in [5, 5.41) is 2.36. The van der Waals surface area contributed by atoms with Gasteiger partial charge in [0.15, 0.2) is 0 Å². The minimum absolute atomic E-state index is 0.0111. The first-order valence-electron chi connectivity index (χ1n) is 17.2. The fourth-order valence-electron chi connectivity index (χ4n) is 6.20. The van der Waals surface area contributed by atoms with E-state index in [1.54, 1.807) is 12.0 Å². The SMILES string of the molecule is COCCOCC1CN(C(=O)OC(C)(C)C)CC(OCc2ccc3ccccc3c2)C1c1ccc(COCCOCc2ccccc2)cc1. The Labute approximate surface area is 291 Å². The van der Waals surface area contributed by atoms with E-state index < -0.39 is 5.60 Å². The molecule has 262 valence electrons. The first-order chi connectivity index (χ1) is 23.8.